The van der Waals surface area contributed by atoms with Gasteiger partial charge in [0.1, 0.15) is 12.9 Å². The number of carboxylic acids is 1. The normalized spacial score (nSPS) is 8.00. The van der Waals surface area contributed by atoms with E-state index in [9.17, 15) is 4.79 Å². The van der Waals surface area contributed by atoms with Crippen molar-refractivity contribution in [3.63, 3.8) is 0 Å². The molecule has 0 aromatic carbocycles. The zero-order valence-corrected chi connectivity index (χ0v) is 5.60. The fourth-order valence-corrected chi connectivity index (χ4v) is 0.186. The van der Waals surface area contributed by atoms with E-state index in [1.807, 2.05) is 0 Å². The molecule has 0 fully saturated rings. The molecule has 0 aromatic heterocycles. The first kappa shape index (κ1) is 11.9. The third-order valence-corrected chi connectivity index (χ3v) is 0.419. The first-order valence-electron chi connectivity index (χ1n) is 2.43. The number of nitrogens with zero attached hydrogens (tertiary/aromatic N) is 1. The molecule has 5 N–H and O–H groups in total. The van der Waals surface area contributed by atoms with Crippen LogP contribution in [0.2, 0.25) is 0 Å². The van der Waals surface area contributed by atoms with Crippen LogP contribution in [0.4, 0.5) is 0 Å². The number of nitrogens with two attached hydrogens (primary N) is 1. The van der Waals surface area contributed by atoms with Gasteiger partial charge in [-0.1, -0.05) is 0 Å². The minimum absolute atomic E-state index is 0.152. The van der Waals surface area contributed by atoms with Crippen LogP contribution in [0.25, 0.3) is 0 Å². The Morgan fingerprint density at radius 3 is 2.45 bits per heavy atom. The van der Waals surface area contributed by atoms with E-state index < -0.39 is 5.97 Å². The number of nitrogens with one attached hydrogen (secondary N) is 1. The first-order chi connectivity index (χ1) is 5.18. The van der Waals surface area contributed by atoms with Crippen molar-refractivity contribution >= 4 is 18.8 Å². The Morgan fingerprint density at radius 1 is 1.73 bits per heavy atom. The van der Waals surface area contributed by atoms with Crippen LogP contribution in [0.5, 0.6) is 0 Å². The standard InChI is InChI=1S/C3H7N3O2.CH2O2/c4-6-2-5-1-3(7)8;2-1-3/h2H,1,4H2,(H,5,6)(H,7,8);1H,(H,2,3). The Morgan fingerprint density at radius 2 is 2.18 bits per heavy atom. The van der Waals surface area contributed by atoms with Gasteiger partial charge in [0.05, 0.1) is 0 Å². The number of hydrazone groups is 1. The summed E-state index contributed by atoms with van der Waals surface area (Å²) in [5.74, 6) is 3.69. The second kappa shape index (κ2) is 11.1. The monoisotopic (exact) mass is 163 g/mol. The molecule has 64 valence electrons. The van der Waals surface area contributed by atoms with Crippen LogP contribution in [-0.4, -0.2) is 35.5 Å². The maximum atomic E-state index is 9.71. The van der Waals surface area contributed by atoms with Crippen molar-refractivity contribution in [2.24, 2.45) is 10.9 Å². The van der Waals surface area contributed by atoms with Crippen molar-refractivity contribution in [1.82, 2.24) is 5.32 Å². The molecular formula is C4H9N3O4. The number of carbonyl (C=O) groups is 2. The SMILES string of the molecule is NN=CNCC(=O)O.O=CO. The van der Waals surface area contributed by atoms with Crippen LogP contribution in [0.1, 0.15) is 0 Å². The molecule has 0 bridgehead atoms. The zero-order valence-electron chi connectivity index (χ0n) is 5.60. The van der Waals surface area contributed by atoms with E-state index in [4.69, 9.17) is 15.0 Å². The minimum atomic E-state index is -0.940. The van der Waals surface area contributed by atoms with Gasteiger partial charge in [-0.3, -0.25) is 9.59 Å². The second-order valence-electron chi connectivity index (χ2n) is 1.16. The van der Waals surface area contributed by atoms with Crippen molar-refractivity contribution in [3.8, 4) is 0 Å². The Balaban J connectivity index is 0. The lowest BCUT2D eigenvalue weighted by atomic mass is 10.7. The van der Waals surface area contributed by atoms with E-state index in [1.165, 1.54) is 0 Å². The summed E-state index contributed by atoms with van der Waals surface area (Å²) in [6.45, 7) is -0.402. The van der Waals surface area contributed by atoms with Gasteiger partial charge in [-0.05, 0) is 0 Å². The molecule has 0 rings (SSSR count). The Labute approximate surface area is 62.5 Å². The molecule has 0 unspecified atom stereocenters. The van der Waals surface area contributed by atoms with Gasteiger partial charge in [0.2, 0.25) is 0 Å². The van der Waals surface area contributed by atoms with Crippen molar-refractivity contribution in [3.05, 3.63) is 0 Å². The molecule has 7 heteroatoms. The number of hydrogen-bond acceptors (Lipinski definition) is 4. The number of carboxylic acid groups (broad SMARTS) is 2. The number of aliphatic carboxylic acids is 1. The van der Waals surface area contributed by atoms with Crippen LogP contribution in [0.3, 0.4) is 0 Å². The Hall–Kier alpha value is -1.79. The van der Waals surface area contributed by atoms with Gasteiger partial charge in [0.25, 0.3) is 6.47 Å². The summed E-state index contributed by atoms with van der Waals surface area (Å²) in [4.78, 5) is 18.1. The van der Waals surface area contributed by atoms with Gasteiger partial charge in [-0.25, -0.2) is 0 Å². The summed E-state index contributed by atoms with van der Waals surface area (Å²) in [6, 6.07) is 0. The first-order valence-corrected chi connectivity index (χ1v) is 2.43. The van der Waals surface area contributed by atoms with E-state index >= 15 is 0 Å². The second-order valence-corrected chi connectivity index (χ2v) is 1.16. The summed E-state index contributed by atoms with van der Waals surface area (Å²) in [5, 5.41) is 20.2. The van der Waals surface area contributed by atoms with Crippen LogP contribution < -0.4 is 11.2 Å². The van der Waals surface area contributed by atoms with Crippen molar-refractivity contribution in [2.45, 2.75) is 0 Å². The van der Waals surface area contributed by atoms with Gasteiger partial charge in [0.15, 0.2) is 0 Å². The van der Waals surface area contributed by atoms with Crippen molar-refractivity contribution in [2.75, 3.05) is 6.54 Å². The molecule has 0 amide bonds. The third-order valence-electron chi connectivity index (χ3n) is 0.419. The molecule has 0 aliphatic carbocycles. The maximum absolute atomic E-state index is 9.71. The molecule has 11 heavy (non-hydrogen) atoms. The van der Waals surface area contributed by atoms with Gasteiger partial charge in [-0.15, -0.1) is 0 Å². The topological polar surface area (TPSA) is 125 Å². The Bertz CT molecular complexity index is 135. The van der Waals surface area contributed by atoms with Crippen molar-refractivity contribution in [1.29, 1.82) is 0 Å². The largest absolute Gasteiger partial charge is 0.483 e. The molecule has 0 radical (unpaired) electrons. The lowest BCUT2D eigenvalue weighted by Gasteiger charge is -1.88. The molecular weight excluding hydrogens is 154 g/mol. The Kier molecular flexibility index (Phi) is 12.0. The molecule has 0 saturated carbocycles. The molecule has 0 aliphatic heterocycles. The summed E-state index contributed by atoms with van der Waals surface area (Å²) < 4.78 is 0. The minimum Gasteiger partial charge on any atom is -0.483 e. The van der Waals surface area contributed by atoms with Gasteiger partial charge < -0.3 is 21.4 Å². The summed E-state index contributed by atoms with van der Waals surface area (Å²) in [6.07, 6.45) is 1.12. The fraction of sp³-hybridized carbons (Fsp3) is 0.250. The highest BCUT2D eigenvalue weighted by Crippen LogP contribution is 1.53. The van der Waals surface area contributed by atoms with E-state index in [0.717, 1.165) is 6.34 Å². The molecule has 0 heterocycles. The van der Waals surface area contributed by atoms with Crippen LogP contribution >= 0.6 is 0 Å². The highest BCUT2D eigenvalue weighted by atomic mass is 16.4. The van der Waals surface area contributed by atoms with Gasteiger partial charge in [-0.2, -0.15) is 5.10 Å². The average Bonchev–Trinajstić information content (AvgIpc) is 1.89. The molecule has 0 spiro atoms. The lowest BCUT2D eigenvalue weighted by Crippen LogP contribution is -2.21. The van der Waals surface area contributed by atoms with Crippen LogP contribution in [0, 0.1) is 0 Å². The number of hydrogen-bond donors (Lipinski definition) is 4. The summed E-state index contributed by atoms with van der Waals surface area (Å²) in [5.41, 5.74) is 0. The molecule has 0 aliphatic rings. The summed E-state index contributed by atoms with van der Waals surface area (Å²) >= 11 is 0. The van der Waals surface area contributed by atoms with Gasteiger partial charge in [0, 0.05) is 0 Å². The van der Waals surface area contributed by atoms with E-state index in [2.05, 4.69) is 16.3 Å². The molecule has 0 aromatic rings. The fourth-order valence-electron chi connectivity index (χ4n) is 0.186. The average molecular weight is 163 g/mol. The molecule has 0 atom stereocenters. The van der Waals surface area contributed by atoms with E-state index in [1.54, 1.807) is 0 Å². The van der Waals surface area contributed by atoms with Gasteiger partial charge >= 0.3 is 5.97 Å². The molecule has 7 nitrogen and oxygen atoms in total. The third kappa shape index (κ3) is 30.7. The van der Waals surface area contributed by atoms with Crippen LogP contribution in [-0.2, 0) is 9.59 Å². The highest BCUT2D eigenvalue weighted by molar-refractivity contribution is 5.72. The quantitative estimate of drug-likeness (QED) is 0.129. The zero-order chi connectivity index (χ0) is 9.11. The smallest absolute Gasteiger partial charge is 0.322 e. The maximum Gasteiger partial charge on any atom is 0.322 e. The van der Waals surface area contributed by atoms with Crippen LogP contribution in [0.15, 0.2) is 5.10 Å². The number of rotatable bonds is 3. The lowest BCUT2D eigenvalue weighted by molar-refractivity contribution is -0.135. The van der Waals surface area contributed by atoms with E-state index in [-0.39, 0.29) is 13.0 Å². The van der Waals surface area contributed by atoms with Crippen molar-refractivity contribution < 1.29 is 19.8 Å². The highest BCUT2D eigenvalue weighted by Gasteiger charge is 1.88. The predicted octanol–water partition coefficient (Wildman–Crippen LogP) is -1.74. The van der Waals surface area contributed by atoms with E-state index in [0.29, 0.717) is 0 Å². The predicted molar refractivity (Wildman–Crippen MR) is 37.0 cm³/mol. The molecule has 0 saturated heterocycles. The summed E-state index contributed by atoms with van der Waals surface area (Å²) in [7, 11) is 0.